The van der Waals surface area contributed by atoms with E-state index >= 15 is 0 Å². The van der Waals surface area contributed by atoms with Crippen LogP contribution in [-0.2, 0) is 10.8 Å². The van der Waals surface area contributed by atoms with Crippen molar-refractivity contribution in [2.45, 2.75) is 48.8 Å². The zero-order valence-corrected chi connectivity index (χ0v) is 12.3. The van der Waals surface area contributed by atoms with E-state index in [-0.39, 0.29) is 5.25 Å². The average molecular weight is 286 g/mol. The topological polar surface area (TPSA) is 29.1 Å². The maximum atomic E-state index is 12.6. The van der Waals surface area contributed by atoms with Crippen molar-refractivity contribution in [2.75, 3.05) is 6.54 Å². The summed E-state index contributed by atoms with van der Waals surface area (Å²) in [6.07, 6.45) is 4.42. The van der Waals surface area contributed by atoms with Crippen LogP contribution in [0.1, 0.15) is 32.6 Å². The van der Waals surface area contributed by atoms with Crippen molar-refractivity contribution in [3.8, 4) is 0 Å². The number of rotatable bonds is 5. The van der Waals surface area contributed by atoms with Crippen LogP contribution in [0.25, 0.3) is 0 Å². The van der Waals surface area contributed by atoms with E-state index in [1.807, 2.05) is 24.3 Å². The van der Waals surface area contributed by atoms with Crippen LogP contribution in [0.2, 0.25) is 5.02 Å². The summed E-state index contributed by atoms with van der Waals surface area (Å²) in [4.78, 5) is 0.786. The van der Waals surface area contributed by atoms with Gasteiger partial charge in [0.2, 0.25) is 0 Å². The molecule has 1 aromatic carbocycles. The van der Waals surface area contributed by atoms with E-state index < -0.39 is 10.8 Å². The lowest BCUT2D eigenvalue weighted by Gasteiger charge is -2.20. The number of hydrogen-bond acceptors (Lipinski definition) is 2. The molecule has 2 rings (SSSR count). The Labute approximate surface area is 117 Å². The van der Waals surface area contributed by atoms with Crippen molar-refractivity contribution in [3.05, 3.63) is 29.3 Å². The van der Waals surface area contributed by atoms with E-state index in [1.54, 1.807) is 0 Å². The molecule has 0 spiro atoms. The van der Waals surface area contributed by atoms with Gasteiger partial charge in [-0.2, -0.15) is 0 Å². The Morgan fingerprint density at radius 1 is 1.39 bits per heavy atom. The second kappa shape index (κ2) is 6.69. The van der Waals surface area contributed by atoms with Gasteiger partial charge >= 0.3 is 0 Å². The summed E-state index contributed by atoms with van der Waals surface area (Å²) < 4.78 is 12.6. The molecule has 0 aromatic heterocycles. The summed E-state index contributed by atoms with van der Waals surface area (Å²) in [6, 6.07) is 7.86. The zero-order valence-electron chi connectivity index (χ0n) is 10.7. The molecule has 0 saturated heterocycles. The van der Waals surface area contributed by atoms with Crippen molar-refractivity contribution in [3.63, 3.8) is 0 Å². The Morgan fingerprint density at radius 3 is 2.89 bits per heavy atom. The first kappa shape index (κ1) is 14.0. The average Bonchev–Trinajstić information content (AvgIpc) is 2.84. The SMILES string of the molecule is CCCNC1CCCC1S(=O)c1ccccc1Cl. The molecule has 0 radical (unpaired) electrons. The highest BCUT2D eigenvalue weighted by Crippen LogP contribution is 2.30. The van der Waals surface area contributed by atoms with E-state index in [0.29, 0.717) is 11.1 Å². The first-order valence-corrected chi connectivity index (χ1v) is 8.21. The van der Waals surface area contributed by atoms with Crippen molar-refractivity contribution >= 4 is 22.4 Å². The molecular weight excluding hydrogens is 266 g/mol. The van der Waals surface area contributed by atoms with Crippen molar-refractivity contribution < 1.29 is 4.21 Å². The van der Waals surface area contributed by atoms with Gasteiger partial charge in [-0.1, -0.05) is 37.1 Å². The number of benzene rings is 1. The van der Waals surface area contributed by atoms with Gasteiger partial charge in [-0.05, 0) is 37.9 Å². The zero-order chi connectivity index (χ0) is 13.0. The molecule has 0 aliphatic heterocycles. The lowest BCUT2D eigenvalue weighted by molar-refractivity contribution is 0.523. The molecule has 2 nitrogen and oxygen atoms in total. The Hall–Kier alpha value is -0.380. The molecule has 1 aliphatic carbocycles. The van der Waals surface area contributed by atoms with Crippen molar-refractivity contribution in [2.24, 2.45) is 0 Å². The molecule has 18 heavy (non-hydrogen) atoms. The third-order valence-electron chi connectivity index (χ3n) is 3.44. The first-order valence-electron chi connectivity index (χ1n) is 6.62. The minimum Gasteiger partial charge on any atom is -0.313 e. The monoisotopic (exact) mass is 285 g/mol. The van der Waals surface area contributed by atoms with Crippen LogP contribution in [0.15, 0.2) is 29.2 Å². The predicted octanol–water partition coefficient (Wildman–Crippen LogP) is 3.37. The van der Waals surface area contributed by atoms with Crippen LogP contribution in [0.3, 0.4) is 0 Å². The normalized spacial score (nSPS) is 25.2. The van der Waals surface area contributed by atoms with E-state index in [0.717, 1.165) is 37.1 Å². The van der Waals surface area contributed by atoms with E-state index in [9.17, 15) is 4.21 Å². The standard InChI is InChI=1S/C14H20ClNOS/c1-2-10-16-12-7-5-9-14(12)18(17)13-8-4-3-6-11(13)15/h3-4,6,8,12,14,16H,2,5,7,9-10H2,1H3. The minimum absolute atomic E-state index is 0.205. The molecule has 3 atom stereocenters. The molecule has 4 heteroatoms. The quantitative estimate of drug-likeness (QED) is 0.899. The lowest BCUT2D eigenvalue weighted by atomic mass is 10.2. The molecule has 1 aromatic rings. The second-order valence-electron chi connectivity index (χ2n) is 4.76. The molecule has 0 bridgehead atoms. The highest BCUT2D eigenvalue weighted by Gasteiger charge is 2.32. The Bertz CT molecular complexity index is 424. The van der Waals surface area contributed by atoms with Gasteiger partial charge in [0, 0.05) is 6.04 Å². The summed E-state index contributed by atoms with van der Waals surface area (Å²) in [5.41, 5.74) is 0. The molecule has 1 saturated carbocycles. The Balaban J connectivity index is 2.10. The van der Waals surface area contributed by atoms with Gasteiger partial charge in [0.1, 0.15) is 0 Å². The Kier molecular flexibility index (Phi) is 5.22. The number of halogens is 1. The van der Waals surface area contributed by atoms with Crippen LogP contribution in [0.4, 0.5) is 0 Å². The van der Waals surface area contributed by atoms with Crippen LogP contribution in [0.5, 0.6) is 0 Å². The van der Waals surface area contributed by atoms with E-state index in [1.165, 1.54) is 0 Å². The Morgan fingerprint density at radius 2 is 2.17 bits per heavy atom. The first-order chi connectivity index (χ1) is 8.74. The van der Waals surface area contributed by atoms with Gasteiger partial charge in [-0.15, -0.1) is 0 Å². The summed E-state index contributed by atoms with van der Waals surface area (Å²) in [5.74, 6) is 0. The molecular formula is C14H20ClNOS. The molecule has 0 amide bonds. The fourth-order valence-corrected chi connectivity index (χ4v) is 4.59. The lowest BCUT2D eigenvalue weighted by Crippen LogP contribution is -2.38. The van der Waals surface area contributed by atoms with Crippen LogP contribution in [-0.4, -0.2) is 22.0 Å². The summed E-state index contributed by atoms with van der Waals surface area (Å²) in [7, 11) is -0.998. The molecule has 1 aliphatic rings. The fraction of sp³-hybridized carbons (Fsp3) is 0.571. The summed E-state index contributed by atoms with van der Waals surface area (Å²) in [6.45, 7) is 3.16. The van der Waals surface area contributed by atoms with E-state index in [2.05, 4.69) is 12.2 Å². The van der Waals surface area contributed by atoms with Gasteiger partial charge in [0.25, 0.3) is 0 Å². The molecule has 1 N–H and O–H groups in total. The maximum Gasteiger partial charge on any atom is 0.0591 e. The molecule has 1 fully saturated rings. The highest BCUT2D eigenvalue weighted by molar-refractivity contribution is 7.85. The third kappa shape index (κ3) is 3.14. The molecule has 0 heterocycles. The minimum atomic E-state index is -0.998. The van der Waals surface area contributed by atoms with Gasteiger partial charge in [0.15, 0.2) is 0 Å². The molecule has 100 valence electrons. The highest BCUT2D eigenvalue weighted by atomic mass is 35.5. The van der Waals surface area contributed by atoms with Crippen LogP contribution < -0.4 is 5.32 Å². The van der Waals surface area contributed by atoms with Gasteiger partial charge in [-0.3, -0.25) is 4.21 Å². The van der Waals surface area contributed by atoms with E-state index in [4.69, 9.17) is 11.6 Å². The number of nitrogens with one attached hydrogen (secondary N) is 1. The summed E-state index contributed by atoms with van der Waals surface area (Å²) >= 11 is 6.14. The predicted molar refractivity (Wildman–Crippen MR) is 77.6 cm³/mol. The van der Waals surface area contributed by atoms with Gasteiger partial charge < -0.3 is 5.32 Å². The second-order valence-corrected chi connectivity index (χ2v) is 6.81. The smallest absolute Gasteiger partial charge is 0.0591 e. The largest absolute Gasteiger partial charge is 0.313 e. The van der Waals surface area contributed by atoms with Crippen molar-refractivity contribution in [1.29, 1.82) is 0 Å². The summed E-state index contributed by atoms with van der Waals surface area (Å²) in [5, 5.41) is 4.34. The maximum absolute atomic E-state index is 12.6. The van der Waals surface area contributed by atoms with Gasteiger partial charge in [-0.25, -0.2) is 0 Å². The van der Waals surface area contributed by atoms with Gasteiger partial charge in [0.05, 0.1) is 26.0 Å². The van der Waals surface area contributed by atoms with Crippen molar-refractivity contribution in [1.82, 2.24) is 5.32 Å². The third-order valence-corrected chi connectivity index (χ3v) is 5.78. The van der Waals surface area contributed by atoms with Crippen LogP contribution in [0, 0.1) is 0 Å². The van der Waals surface area contributed by atoms with Crippen LogP contribution >= 0.6 is 11.6 Å². The fourth-order valence-electron chi connectivity index (χ4n) is 2.52. The number of hydrogen-bond donors (Lipinski definition) is 1. The molecule has 3 unspecified atom stereocenters.